The van der Waals surface area contributed by atoms with E-state index in [0.717, 1.165) is 49.1 Å². The SMILES string of the molecule is COc1ccccc1CN(C)C(=O)CN1CCN(Cc2cccc(Cl)c2)CC1. The van der Waals surface area contributed by atoms with E-state index in [0.29, 0.717) is 13.1 Å². The lowest BCUT2D eigenvalue weighted by Crippen LogP contribution is -2.49. The average Bonchev–Trinajstić information content (AvgIpc) is 2.70. The van der Waals surface area contributed by atoms with E-state index in [2.05, 4.69) is 15.9 Å². The number of hydrogen-bond acceptors (Lipinski definition) is 4. The molecule has 1 aliphatic heterocycles. The third kappa shape index (κ3) is 5.71. The molecule has 0 aromatic heterocycles. The lowest BCUT2D eigenvalue weighted by Gasteiger charge is -2.35. The van der Waals surface area contributed by atoms with Crippen molar-refractivity contribution in [2.45, 2.75) is 13.1 Å². The second-order valence-corrected chi connectivity index (χ2v) is 7.68. The second kappa shape index (κ2) is 9.92. The van der Waals surface area contributed by atoms with Gasteiger partial charge >= 0.3 is 0 Å². The molecule has 1 aliphatic rings. The third-order valence-electron chi connectivity index (χ3n) is 5.14. The predicted molar refractivity (Wildman–Crippen MR) is 113 cm³/mol. The van der Waals surface area contributed by atoms with Gasteiger partial charge in [0.25, 0.3) is 0 Å². The van der Waals surface area contributed by atoms with Crippen LogP contribution in [0.4, 0.5) is 0 Å². The maximum Gasteiger partial charge on any atom is 0.236 e. The maximum absolute atomic E-state index is 12.6. The van der Waals surface area contributed by atoms with Gasteiger partial charge in [-0.3, -0.25) is 14.6 Å². The molecule has 2 aromatic carbocycles. The van der Waals surface area contributed by atoms with E-state index in [9.17, 15) is 4.79 Å². The molecule has 150 valence electrons. The summed E-state index contributed by atoms with van der Waals surface area (Å²) < 4.78 is 5.38. The number of carbonyl (C=O) groups is 1. The van der Waals surface area contributed by atoms with Crippen LogP contribution in [0.2, 0.25) is 5.02 Å². The fourth-order valence-electron chi connectivity index (χ4n) is 3.49. The highest BCUT2D eigenvalue weighted by Gasteiger charge is 2.21. The Morgan fingerprint density at radius 2 is 1.79 bits per heavy atom. The van der Waals surface area contributed by atoms with Gasteiger partial charge in [-0.25, -0.2) is 0 Å². The van der Waals surface area contributed by atoms with E-state index in [1.807, 2.05) is 49.5 Å². The first-order valence-electron chi connectivity index (χ1n) is 9.60. The minimum atomic E-state index is 0.134. The molecule has 0 bridgehead atoms. The van der Waals surface area contributed by atoms with Crippen LogP contribution in [0, 0.1) is 0 Å². The van der Waals surface area contributed by atoms with Crippen molar-refractivity contribution in [3.63, 3.8) is 0 Å². The average molecular weight is 402 g/mol. The molecule has 0 radical (unpaired) electrons. The summed E-state index contributed by atoms with van der Waals surface area (Å²) in [4.78, 5) is 19.1. The Kier molecular flexibility index (Phi) is 7.31. The van der Waals surface area contributed by atoms with Crippen LogP contribution in [-0.4, -0.2) is 67.5 Å². The molecule has 1 heterocycles. The van der Waals surface area contributed by atoms with Gasteiger partial charge in [-0.05, 0) is 23.8 Å². The number of nitrogens with zero attached hydrogens (tertiary/aromatic N) is 3. The van der Waals surface area contributed by atoms with Crippen LogP contribution in [0.3, 0.4) is 0 Å². The molecule has 0 spiro atoms. The summed E-state index contributed by atoms with van der Waals surface area (Å²) in [5, 5.41) is 0.778. The highest BCUT2D eigenvalue weighted by atomic mass is 35.5. The number of amides is 1. The van der Waals surface area contributed by atoms with Crippen LogP contribution in [0.5, 0.6) is 5.75 Å². The topological polar surface area (TPSA) is 36.0 Å². The number of methoxy groups -OCH3 is 1. The van der Waals surface area contributed by atoms with Gasteiger partial charge < -0.3 is 9.64 Å². The largest absolute Gasteiger partial charge is 0.496 e. The van der Waals surface area contributed by atoms with Crippen LogP contribution in [0.1, 0.15) is 11.1 Å². The summed E-state index contributed by atoms with van der Waals surface area (Å²) >= 11 is 6.07. The summed E-state index contributed by atoms with van der Waals surface area (Å²) in [6.45, 7) is 5.61. The van der Waals surface area contributed by atoms with Gasteiger partial charge in [0.15, 0.2) is 0 Å². The summed E-state index contributed by atoms with van der Waals surface area (Å²) in [7, 11) is 3.51. The van der Waals surface area contributed by atoms with E-state index in [1.54, 1.807) is 12.0 Å². The highest BCUT2D eigenvalue weighted by molar-refractivity contribution is 6.30. The van der Waals surface area contributed by atoms with Crippen molar-refractivity contribution in [1.29, 1.82) is 0 Å². The van der Waals surface area contributed by atoms with Gasteiger partial charge in [0.1, 0.15) is 5.75 Å². The monoisotopic (exact) mass is 401 g/mol. The number of halogens is 1. The number of para-hydroxylation sites is 1. The lowest BCUT2D eigenvalue weighted by atomic mass is 10.2. The molecule has 6 heteroatoms. The molecule has 0 saturated carbocycles. The number of rotatable bonds is 7. The van der Waals surface area contributed by atoms with E-state index in [-0.39, 0.29) is 5.91 Å². The Morgan fingerprint density at radius 3 is 2.50 bits per heavy atom. The molecule has 28 heavy (non-hydrogen) atoms. The lowest BCUT2D eigenvalue weighted by molar-refractivity contribution is -0.132. The van der Waals surface area contributed by atoms with Gasteiger partial charge in [-0.1, -0.05) is 41.9 Å². The number of hydrogen-bond donors (Lipinski definition) is 0. The first kappa shape index (κ1) is 20.6. The van der Waals surface area contributed by atoms with Gasteiger partial charge in [-0.2, -0.15) is 0 Å². The zero-order valence-corrected chi connectivity index (χ0v) is 17.4. The van der Waals surface area contributed by atoms with Gasteiger partial charge in [0, 0.05) is 56.9 Å². The number of carbonyl (C=O) groups excluding carboxylic acids is 1. The number of benzene rings is 2. The van der Waals surface area contributed by atoms with E-state index in [4.69, 9.17) is 16.3 Å². The summed E-state index contributed by atoms with van der Waals surface area (Å²) in [5.74, 6) is 0.950. The standard InChI is InChI=1S/C22H28ClN3O2/c1-24(16-19-7-3-4-9-21(19)28-2)22(27)17-26-12-10-25(11-13-26)15-18-6-5-8-20(23)14-18/h3-9,14H,10-13,15-17H2,1-2H3. The molecule has 1 saturated heterocycles. The predicted octanol–water partition coefficient (Wildman–Crippen LogP) is 3.12. The Morgan fingerprint density at radius 1 is 1.07 bits per heavy atom. The second-order valence-electron chi connectivity index (χ2n) is 7.24. The highest BCUT2D eigenvalue weighted by Crippen LogP contribution is 2.19. The van der Waals surface area contributed by atoms with Crippen molar-refractivity contribution in [1.82, 2.24) is 14.7 Å². The molecular weight excluding hydrogens is 374 g/mol. The normalized spacial score (nSPS) is 15.4. The van der Waals surface area contributed by atoms with Gasteiger partial charge in [0.05, 0.1) is 13.7 Å². The molecule has 1 fully saturated rings. The fourth-order valence-corrected chi connectivity index (χ4v) is 3.70. The van der Waals surface area contributed by atoms with Crippen molar-refractivity contribution in [2.75, 3.05) is 46.9 Å². The van der Waals surface area contributed by atoms with E-state index < -0.39 is 0 Å². The summed E-state index contributed by atoms with van der Waals surface area (Å²) in [5.41, 5.74) is 2.25. The molecule has 5 nitrogen and oxygen atoms in total. The van der Waals surface area contributed by atoms with Crippen molar-refractivity contribution < 1.29 is 9.53 Å². The molecular formula is C22H28ClN3O2. The molecule has 3 rings (SSSR count). The number of piperazine rings is 1. The van der Waals surface area contributed by atoms with E-state index in [1.165, 1.54) is 5.56 Å². The van der Waals surface area contributed by atoms with Gasteiger partial charge in [0.2, 0.25) is 5.91 Å². The van der Waals surface area contributed by atoms with Gasteiger partial charge in [-0.15, -0.1) is 0 Å². The summed E-state index contributed by atoms with van der Waals surface area (Å²) in [6, 6.07) is 15.8. The van der Waals surface area contributed by atoms with Crippen molar-refractivity contribution >= 4 is 17.5 Å². The molecule has 0 N–H and O–H groups in total. The Bertz CT molecular complexity index is 791. The minimum absolute atomic E-state index is 0.134. The number of ether oxygens (including phenoxy) is 1. The van der Waals surface area contributed by atoms with Crippen molar-refractivity contribution in [2.24, 2.45) is 0 Å². The third-order valence-corrected chi connectivity index (χ3v) is 5.38. The van der Waals surface area contributed by atoms with E-state index >= 15 is 0 Å². The fraction of sp³-hybridized carbons (Fsp3) is 0.409. The van der Waals surface area contributed by atoms with Crippen LogP contribution < -0.4 is 4.74 Å². The van der Waals surface area contributed by atoms with Crippen LogP contribution >= 0.6 is 11.6 Å². The molecule has 0 unspecified atom stereocenters. The Hall–Kier alpha value is -2.08. The minimum Gasteiger partial charge on any atom is -0.496 e. The first-order chi connectivity index (χ1) is 13.5. The molecule has 0 aliphatic carbocycles. The quantitative estimate of drug-likeness (QED) is 0.714. The summed E-state index contributed by atoms with van der Waals surface area (Å²) in [6.07, 6.45) is 0. The number of likely N-dealkylation sites (N-methyl/N-ethyl adjacent to an activating group) is 1. The van der Waals surface area contributed by atoms with Crippen LogP contribution in [0.25, 0.3) is 0 Å². The van der Waals surface area contributed by atoms with Crippen LogP contribution in [0.15, 0.2) is 48.5 Å². The van der Waals surface area contributed by atoms with Crippen molar-refractivity contribution in [3.05, 3.63) is 64.7 Å². The molecule has 0 atom stereocenters. The Balaban J connectivity index is 1.45. The molecule has 1 amide bonds. The Labute approximate surface area is 172 Å². The first-order valence-corrected chi connectivity index (χ1v) is 9.98. The van der Waals surface area contributed by atoms with Crippen molar-refractivity contribution in [3.8, 4) is 5.75 Å². The maximum atomic E-state index is 12.6. The zero-order chi connectivity index (χ0) is 19.9. The smallest absolute Gasteiger partial charge is 0.236 e. The molecule has 2 aromatic rings. The zero-order valence-electron chi connectivity index (χ0n) is 16.6. The van der Waals surface area contributed by atoms with Crippen LogP contribution in [-0.2, 0) is 17.9 Å².